The van der Waals surface area contributed by atoms with Crippen molar-refractivity contribution in [1.82, 2.24) is 9.97 Å². The van der Waals surface area contributed by atoms with E-state index in [1.165, 1.54) is 11.3 Å². The molecule has 0 spiro atoms. The van der Waals surface area contributed by atoms with Gasteiger partial charge in [-0.2, -0.15) is 0 Å². The highest BCUT2D eigenvalue weighted by atomic mass is 35.5. The second-order valence-electron chi connectivity index (χ2n) is 5.58. The molecule has 1 aromatic carbocycles. The normalized spacial score (nSPS) is 12.7. The van der Waals surface area contributed by atoms with Gasteiger partial charge in [-0.1, -0.05) is 17.7 Å². The largest absolute Gasteiger partial charge is 0.486 e. The molecule has 0 aliphatic carbocycles. The van der Waals surface area contributed by atoms with Crippen molar-refractivity contribution in [1.29, 1.82) is 0 Å². The van der Waals surface area contributed by atoms with Gasteiger partial charge in [-0.3, -0.25) is 9.78 Å². The van der Waals surface area contributed by atoms with Gasteiger partial charge in [-0.15, -0.1) is 11.3 Å². The van der Waals surface area contributed by atoms with Gasteiger partial charge in [-0.05, 0) is 19.1 Å². The van der Waals surface area contributed by atoms with Crippen molar-refractivity contribution in [2.75, 3.05) is 18.5 Å². The van der Waals surface area contributed by atoms with Crippen LogP contribution in [0.1, 0.15) is 15.4 Å². The molecule has 6 nitrogen and oxygen atoms in total. The zero-order valence-corrected chi connectivity index (χ0v) is 15.4. The molecule has 0 unspecified atom stereocenters. The molecular weight excluding hydrogens is 374 g/mol. The van der Waals surface area contributed by atoms with Crippen LogP contribution in [-0.2, 0) is 0 Å². The molecule has 132 valence electrons. The number of amides is 1. The monoisotopic (exact) mass is 387 g/mol. The molecule has 0 bridgehead atoms. The van der Waals surface area contributed by atoms with Crippen LogP contribution in [0.15, 0.2) is 36.5 Å². The average molecular weight is 388 g/mol. The van der Waals surface area contributed by atoms with Gasteiger partial charge >= 0.3 is 0 Å². The summed E-state index contributed by atoms with van der Waals surface area (Å²) < 4.78 is 11.0. The van der Waals surface area contributed by atoms with Crippen molar-refractivity contribution in [3.8, 4) is 22.2 Å². The number of rotatable bonds is 3. The Morgan fingerprint density at radius 3 is 2.73 bits per heavy atom. The summed E-state index contributed by atoms with van der Waals surface area (Å²) in [5.41, 5.74) is 1.84. The van der Waals surface area contributed by atoms with E-state index in [4.69, 9.17) is 21.1 Å². The van der Waals surface area contributed by atoms with Crippen LogP contribution in [0.25, 0.3) is 10.7 Å². The fourth-order valence-corrected chi connectivity index (χ4v) is 3.68. The molecular formula is C18H14ClN3O3S. The number of anilines is 1. The van der Waals surface area contributed by atoms with E-state index in [-0.39, 0.29) is 5.91 Å². The number of fused-ring (bicyclic) bond motifs is 1. The number of ether oxygens (including phenoxy) is 2. The van der Waals surface area contributed by atoms with E-state index >= 15 is 0 Å². The third-order valence-electron chi connectivity index (χ3n) is 3.77. The molecule has 0 fully saturated rings. The Kier molecular flexibility index (Phi) is 4.48. The van der Waals surface area contributed by atoms with Gasteiger partial charge < -0.3 is 14.8 Å². The number of benzene rings is 1. The summed E-state index contributed by atoms with van der Waals surface area (Å²) >= 11 is 7.55. The van der Waals surface area contributed by atoms with Crippen LogP contribution in [0.3, 0.4) is 0 Å². The minimum Gasteiger partial charge on any atom is -0.486 e. The number of thiazole rings is 1. The highest BCUT2D eigenvalue weighted by Gasteiger charge is 2.20. The molecule has 26 heavy (non-hydrogen) atoms. The highest BCUT2D eigenvalue weighted by molar-refractivity contribution is 7.17. The topological polar surface area (TPSA) is 73.3 Å². The number of nitrogens with one attached hydrogen (secondary N) is 1. The first-order chi connectivity index (χ1) is 12.6. The van der Waals surface area contributed by atoms with Crippen LogP contribution in [0, 0.1) is 6.92 Å². The molecule has 0 saturated heterocycles. The Bertz CT molecular complexity index is 975. The third kappa shape index (κ3) is 3.23. The lowest BCUT2D eigenvalue weighted by Gasteiger charge is -2.19. The summed E-state index contributed by atoms with van der Waals surface area (Å²) in [5, 5.41) is 3.91. The number of pyridine rings is 1. The predicted molar refractivity (Wildman–Crippen MR) is 100 cm³/mol. The van der Waals surface area contributed by atoms with Gasteiger partial charge in [0.15, 0.2) is 11.5 Å². The molecule has 1 aliphatic heterocycles. The fourth-order valence-electron chi connectivity index (χ4n) is 2.54. The smallest absolute Gasteiger partial charge is 0.267 e. The number of hydrogen-bond acceptors (Lipinski definition) is 6. The molecule has 3 aromatic rings. The van der Waals surface area contributed by atoms with E-state index in [9.17, 15) is 4.79 Å². The molecule has 0 radical (unpaired) electrons. The third-order valence-corrected chi connectivity index (χ3v) is 5.26. The van der Waals surface area contributed by atoms with Gasteiger partial charge in [0.2, 0.25) is 0 Å². The van der Waals surface area contributed by atoms with E-state index < -0.39 is 0 Å². The lowest BCUT2D eigenvalue weighted by molar-refractivity contribution is 0.102. The Hall–Kier alpha value is -2.64. The Balaban J connectivity index is 1.60. The lowest BCUT2D eigenvalue weighted by Crippen LogP contribution is -2.16. The van der Waals surface area contributed by atoms with Crippen LogP contribution in [0.4, 0.5) is 5.69 Å². The van der Waals surface area contributed by atoms with E-state index in [1.54, 1.807) is 25.3 Å². The van der Waals surface area contributed by atoms with Gasteiger partial charge in [-0.25, -0.2) is 4.98 Å². The highest BCUT2D eigenvalue weighted by Crippen LogP contribution is 2.38. The maximum atomic E-state index is 12.7. The summed E-state index contributed by atoms with van der Waals surface area (Å²) in [5.74, 6) is 0.859. The number of carbonyl (C=O) groups is 1. The Morgan fingerprint density at radius 1 is 1.23 bits per heavy atom. The van der Waals surface area contributed by atoms with Crippen molar-refractivity contribution < 1.29 is 14.3 Å². The first-order valence-corrected chi connectivity index (χ1v) is 9.10. The van der Waals surface area contributed by atoms with E-state index in [0.717, 1.165) is 5.69 Å². The van der Waals surface area contributed by atoms with Crippen molar-refractivity contribution in [2.45, 2.75) is 6.92 Å². The SMILES string of the molecule is Cc1nc(-c2ccccn2)sc1C(=O)Nc1cc2c(cc1Cl)OCCO2. The van der Waals surface area contributed by atoms with Crippen molar-refractivity contribution >= 4 is 34.5 Å². The van der Waals surface area contributed by atoms with Crippen molar-refractivity contribution in [3.05, 3.63) is 52.1 Å². The van der Waals surface area contributed by atoms with Crippen LogP contribution in [-0.4, -0.2) is 29.1 Å². The molecule has 1 aliphatic rings. The number of halogens is 1. The Morgan fingerprint density at radius 2 is 2.00 bits per heavy atom. The average Bonchev–Trinajstić information content (AvgIpc) is 3.05. The summed E-state index contributed by atoms with van der Waals surface area (Å²) in [4.78, 5) is 21.9. The Labute approximate surface area is 158 Å². The van der Waals surface area contributed by atoms with E-state index in [1.807, 2.05) is 18.2 Å². The molecule has 4 rings (SSSR count). The first kappa shape index (κ1) is 16.8. The summed E-state index contributed by atoms with van der Waals surface area (Å²) in [7, 11) is 0. The molecule has 1 N–H and O–H groups in total. The number of hydrogen-bond donors (Lipinski definition) is 1. The minimum atomic E-state index is -0.277. The molecule has 3 heterocycles. The standard InChI is InChI=1S/C18H14ClN3O3S/c1-10-16(26-18(21-10)12-4-2-3-5-20-12)17(23)22-13-9-15-14(8-11(13)19)24-6-7-25-15/h2-5,8-9H,6-7H2,1H3,(H,22,23). The predicted octanol–water partition coefficient (Wildman–Crippen LogP) is 4.19. The molecule has 2 aromatic heterocycles. The quantitative estimate of drug-likeness (QED) is 0.729. The van der Waals surface area contributed by atoms with Crippen LogP contribution < -0.4 is 14.8 Å². The second-order valence-corrected chi connectivity index (χ2v) is 6.98. The van der Waals surface area contributed by atoms with Crippen LogP contribution in [0.2, 0.25) is 5.02 Å². The van der Waals surface area contributed by atoms with E-state index in [2.05, 4.69) is 15.3 Å². The molecule has 0 saturated carbocycles. The number of aryl methyl sites for hydroxylation is 1. The summed E-state index contributed by atoms with van der Waals surface area (Å²) in [6, 6.07) is 8.89. The number of aromatic nitrogens is 2. The maximum absolute atomic E-state index is 12.7. The molecule has 8 heteroatoms. The molecule has 0 atom stereocenters. The van der Waals surface area contributed by atoms with Gasteiger partial charge in [0.05, 0.1) is 22.1 Å². The second kappa shape index (κ2) is 6.93. The zero-order chi connectivity index (χ0) is 18.1. The number of carbonyl (C=O) groups excluding carboxylic acids is 1. The minimum absolute atomic E-state index is 0.277. The van der Waals surface area contributed by atoms with Gasteiger partial charge in [0, 0.05) is 18.3 Å². The lowest BCUT2D eigenvalue weighted by atomic mass is 10.2. The van der Waals surface area contributed by atoms with Crippen molar-refractivity contribution in [2.24, 2.45) is 0 Å². The number of nitrogens with zero attached hydrogens (tertiary/aromatic N) is 2. The fraction of sp³-hybridized carbons (Fsp3) is 0.167. The summed E-state index contributed by atoms with van der Waals surface area (Å²) in [6.07, 6.45) is 1.70. The zero-order valence-electron chi connectivity index (χ0n) is 13.8. The maximum Gasteiger partial charge on any atom is 0.267 e. The van der Waals surface area contributed by atoms with Crippen molar-refractivity contribution in [3.63, 3.8) is 0 Å². The van der Waals surface area contributed by atoms with Crippen LogP contribution >= 0.6 is 22.9 Å². The molecule has 1 amide bonds. The van der Waals surface area contributed by atoms with Gasteiger partial charge in [0.25, 0.3) is 5.91 Å². The van der Waals surface area contributed by atoms with E-state index in [0.29, 0.717) is 51.0 Å². The van der Waals surface area contributed by atoms with Gasteiger partial charge in [0.1, 0.15) is 23.1 Å². The van der Waals surface area contributed by atoms with Crippen LogP contribution in [0.5, 0.6) is 11.5 Å². The summed E-state index contributed by atoms with van der Waals surface area (Å²) in [6.45, 7) is 2.73. The first-order valence-electron chi connectivity index (χ1n) is 7.91.